The standard InChI is InChI=1S/C29H24ClF5N8O2.C2HF3O2/c1-15-3-2-4-23(21-8-16(5-6-36-21)26-22(40-27(15)45)12-39-43(26)28(31)32)41-14-37-20(10-24(41)44)19-9-18(30)7-17-11-38-42(25(17)19)13-29(33,34)35;3-2(4,5)1(6)7/h5-12,14-15,23,28H,2-4,13H2,1H3,(H,40,45);(H,6,7)/t15-,23+;/m1./s1. The molecular formula is C31H25ClF8N8O4. The van der Waals surface area contributed by atoms with Crippen LogP contribution in [0.1, 0.15) is 44.5 Å². The maximum atomic E-state index is 13.9. The zero-order valence-electron chi connectivity index (χ0n) is 26.5. The van der Waals surface area contributed by atoms with Crippen LogP contribution in [0.4, 0.5) is 40.8 Å². The fourth-order valence-corrected chi connectivity index (χ4v) is 5.80. The summed E-state index contributed by atoms with van der Waals surface area (Å²) in [5, 5.41) is 18.0. The number of carboxylic acids is 1. The van der Waals surface area contributed by atoms with Crippen molar-refractivity contribution in [1.82, 2.24) is 34.1 Å². The average molecular weight is 761 g/mol. The van der Waals surface area contributed by atoms with E-state index >= 15 is 0 Å². The van der Waals surface area contributed by atoms with Crippen LogP contribution in [0.5, 0.6) is 0 Å². The molecule has 0 fully saturated rings. The van der Waals surface area contributed by atoms with E-state index in [2.05, 4.69) is 25.5 Å². The van der Waals surface area contributed by atoms with Gasteiger partial charge in [0, 0.05) is 39.7 Å². The van der Waals surface area contributed by atoms with Gasteiger partial charge in [0.25, 0.3) is 5.56 Å². The molecule has 0 radical (unpaired) electrons. The number of benzene rings is 1. The van der Waals surface area contributed by atoms with Crippen molar-refractivity contribution < 1.29 is 49.8 Å². The second-order valence-corrected chi connectivity index (χ2v) is 12.0. The van der Waals surface area contributed by atoms with Crippen molar-refractivity contribution in [2.45, 2.75) is 57.7 Å². The summed E-state index contributed by atoms with van der Waals surface area (Å²) < 4.78 is 102. The Morgan fingerprint density at radius 3 is 2.38 bits per heavy atom. The van der Waals surface area contributed by atoms with E-state index in [-0.39, 0.29) is 39.1 Å². The van der Waals surface area contributed by atoms with Crippen LogP contribution in [0.2, 0.25) is 5.02 Å². The van der Waals surface area contributed by atoms with Gasteiger partial charge in [-0.15, -0.1) is 0 Å². The molecule has 0 spiro atoms. The van der Waals surface area contributed by atoms with Crippen molar-refractivity contribution in [3.05, 3.63) is 76.3 Å². The zero-order chi connectivity index (χ0) is 38.1. The van der Waals surface area contributed by atoms with Gasteiger partial charge in [-0.25, -0.2) is 14.5 Å². The molecule has 1 aliphatic rings. The Balaban J connectivity index is 0.000000679. The van der Waals surface area contributed by atoms with Gasteiger partial charge in [0.15, 0.2) is 0 Å². The summed E-state index contributed by atoms with van der Waals surface area (Å²) in [6, 6.07) is 6.42. The molecule has 0 saturated heterocycles. The Hall–Kier alpha value is -5.40. The smallest absolute Gasteiger partial charge is 0.475 e. The highest BCUT2D eigenvalue weighted by Gasteiger charge is 2.38. The molecule has 0 aliphatic carbocycles. The van der Waals surface area contributed by atoms with E-state index in [1.165, 1.54) is 47.6 Å². The number of aromatic nitrogens is 7. The molecule has 21 heteroatoms. The summed E-state index contributed by atoms with van der Waals surface area (Å²) in [6.45, 7) is -2.63. The Morgan fingerprint density at radius 2 is 1.75 bits per heavy atom. The van der Waals surface area contributed by atoms with E-state index in [9.17, 15) is 44.7 Å². The number of rotatable bonds is 4. The third kappa shape index (κ3) is 8.38. The molecule has 5 aromatic rings. The predicted octanol–water partition coefficient (Wildman–Crippen LogP) is 7.11. The molecule has 2 atom stereocenters. The Kier molecular flexibility index (Phi) is 10.7. The first-order chi connectivity index (χ1) is 24.3. The van der Waals surface area contributed by atoms with E-state index in [0.717, 1.165) is 10.9 Å². The zero-order valence-corrected chi connectivity index (χ0v) is 27.2. The lowest BCUT2D eigenvalue weighted by Crippen LogP contribution is -2.27. The number of halogens is 9. The molecule has 12 nitrogen and oxygen atoms in total. The van der Waals surface area contributed by atoms with Crippen LogP contribution in [0.3, 0.4) is 0 Å². The van der Waals surface area contributed by atoms with E-state index in [4.69, 9.17) is 21.5 Å². The molecule has 2 bridgehead atoms. The number of aliphatic carboxylic acids is 1. The lowest BCUT2D eigenvalue weighted by Gasteiger charge is -2.22. The van der Waals surface area contributed by atoms with Gasteiger partial charge in [0.2, 0.25) is 5.91 Å². The minimum Gasteiger partial charge on any atom is -0.475 e. The summed E-state index contributed by atoms with van der Waals surface area (Å²) in [6.07, 6.45) is -3.27. The van der Waals surface area contributed by atoms with Crippen LogP contribution in [-0.4, -0.2) is 63.4 Å². The molecular weight excluding hydrogens is 736 g/mol. The summed E-state index contributed by atoms with van der Waals surface area (Å²) in [5.41, 5.74) is 0.613. The molecule has 6 rings (SSSR count). The summed E-state index contributed by atoms with van der Waals surface area (Å²) in [7, 11) is 0. The predicted molar refractivity (Wildman–Crippen MR) is 168 cm³/mol. The monoisotopic (exact) mass is 760 g/mol. The number of alkyl halides is 8. The fourth-order valence-electron chi connectivity index (χ4n) is 5.57. The van der Waals surface area contributed by atoms with Crippen molar-refractivity contribution >= 4 is 40.1 Å². The molecule has 2 N–H and O–H groups in total. The minimum atomic E-state index is -5.08. The minimum absolute atomic E-state index is 0.0187. The molecule has 1 aliphatic heterocycles. The topological polar surface area (TPSA) is 150 Å². The van der Waals surface area contributed by atoms with Crippen LogP contribution < -0.4 is 10.9 Å². The molecule has 52 heavy (non-hydrogen) atoms. The highest BCUT2D eigenvalue weighted by molar-refractivity contribution is 6.31. The molecule has 0 saturated carbocycles. The number of carbonyl (C=O) groups excluding carboxylic acids is 1. The third-order valence-corrected chi connectivity index (χ3v) is 8.13. The fraction of sp³-hybridized carbons (Fsp3) is 0.323. The molecule has 0 unspecified atom stereocenters. The summed E-state index contributed by atoms with van der Waals surface area (Å²) in [4.78, 5) is 44.3. The van der Waals surface area contributed by atoms with E-state index < -0.39 is 48.9 Å². The number of nitrogens with one attached hydrogen (secondary N) is 1. The first-order valence-corrected chi connectivity index (χ1v) is 15.4. The van der Waals surface area contributed by atoms with Gasteiger partial charge in [-0.2, -0.15) is 45.3 Å². The normalized spacial score (nSPS) is 16.7. The molecule has 276 valence electrons. The molecule has 1 amide bonds. The number of hydrogen-bond donors (Lipinski definition) is 2. The van der Waals surface area contributed by atoms with Crippen molar-refractivity contribution in [2.24, 2.45) is 5.92 Å². The van der Waals surface area contributed by atoms with Crippen molar-refractivity contribution in [2.75, 3.05) is 5.32 Å². The first-order valence-electron chi connectivity index (χ1n) is 15.1. The van der Waals surface area contributed by atoms with Gasteiger partial charge in [-0.3, -0.25) is 23.8 Å². The van der Waals surface area contributed by atoms with Gasteiger partial charge in [0.1, 0.15) is 6.54 Å². The van der Waals surface area contributed by atoms with Crippen LogP contribution in [0, 0.1) is 5.92 Å². The highest BCUT2D eigenvalue weighted by atomic mass is 35.5. The third-order valence-electron chi connectivity index (χ3n) is 7.91. The SMILES string of the molecule is C[C@@H]1CCC[C@H](n2cnc(-c3cc(Cl)cc4cnn(CC(F)(F)F)c34)cc2=O)c2cc(ccn2)-c2c(cnn2C(F)F)NC1=O.O=C(O)C(F)(F)F. The Labute approximate surface area is 291 Å². The number of nitrogens with zero attached hydrogens (tertiary/aromatic N) is 7. The lowest BCUT2D eigenvalue weighted by atomic mass is 9.97. The van der Waals surface area contributed by atoms with Crippen LogP contribution in [-0.2, 0) is 16.1 Å². The van der Waals surface area contributed by atoms with Crippen molar-refractivity contribution in [3.8, 4) is 22.5 Å². The maximum absolute atomic E-state index is 13.9. The Morgan fingerprint density at radius 1 is 1.04 bits per heavy atom. The number of carbonyl (C=O) groups is 2. The van der Waals surface area contributed by atoms with Gasteiger partial charge >= 0.3 is 24.9 Å². The van der Waals surface area contributed by atoms with Gasteiger partial charge in [-0.05, 0) is 37.1 Å². The van der Waals surface area contributed by atoms with Gasteiger partial charge in [0.05, 0.1) is 53.0 Å². The molecule has 5 heterocycles. The lowest BCUT2D eigenvalue weighted by molar-refractivity contribution is -0.192. The number of carboxylic acid groups (broad SMARTS) is 1. The Bertz CT molecular complexity index is 2180. The first kappa shape index (κ1) is 37.8. The quantitative estimate of drug-likeness (QED) is 0.184. The second kappa shape index (κ2) is 14.7. The molecule has 1 aromatic carbocycles. The largest absolute Gasteiger partial charge is 0.490 e. The number of fused-ring (bicyclic) bond motifs is 5. The van der Waals surface area contributed by atoms with Crippen LogP contribution in [0.15, 0.2) is 60.0 Å². The number of anilines is 1. The number of pyridine rings is 1. The maximum Gasteiger partial charge on any atom is 0.490 e. The van der Waals surface area contributed by atoms with Gasteiger partial charge in [-0.1, -0.05) is 24.9 Å². The van der Waals surface area contributed by atoms with Crippen molar-refractivity contribution in [3.63, 3.8) is 0 Å². The van der Waals surface area contributed by atoms with E-state index in [1.807, 2.05) is 0 Å². The number of amides is 1. The van der Waals surface area contributed by atoms with Gasteiger partial charge < -0.3 is 10.4 Å². The second-order valence-electron chi connectivity index (χ2n) is 11.6. The molecule has 4 aromatic heterocycles. The highest BCUT2D eigenvalue weighted by Crippen LogP contribution is 2.36. The van der Waals surface area contributed by atoms with E-state index in [1.54, 1.807) is 13.0 Å². The van der Waals surface area contributed by atoms with Crippen LogP contribution >= 0.6 is 11.6 Å². The van der Waals surface area contributed by atoms with Crippen LogP contribution in [0.25, 0.3) is 33.4 Å². The average Bonchev–Trinajstić information content (AvgIpc) is 3.65. The van der Waals surface area contributed by atoms with Crippen molar-refractivity contribution in [1.29, 1.82) is 0 Å². The number of hydrogen-bond acceptors (Lipinski definition) is 7. The van der Waals surface area contributed by atoms with E-state index in [0.29, 0.717) is 40.6 Å². The summed E-state index contributed by atoms with van der Waals surface area (Å²) in [5.74, 6) is -3.60. The summed E-state index contributed by atoms with van der Waals surface area (Å²) >= 11 is 6.25.